The van der Waals surface area contributed by atoms with Crippen molar-refractivity contribution in [2.75, 3.05) is 0 Å². The van der Waals surface area contributed by atoms with Crippen molar-refractivity contribution in [3.63, 3.8) is 0 Å². The van der Waals surface area contributed by atoms with E-state index >= 15 is 0 Å². The summed E-state index contributed by atoms with van der Waals surface area (Å²) in [6.07, 6.45) is 0. The molecule has 0 radical (unpaired) electrons. The molecule has 2 nitrogen and oxygen atoms in total. The van der Waals surface area contributed by atoms with Crippen molar-refractivity contribution < 1.29 is 9.46 Å². The average Bonchev–Trinajstić information content (AvgIpc) is 0.811. The van der Waals surface area contributed by atoms with E-state index in [1.165, 1.54) is 22.0 Å². The fourth-order valence-electron chi connectivity index (χ4n) is 0. The Labute approximate surface area is 37.6 Å². The van der Waals surface area contributed by atoms with Crippen molar-refractivity contribution in [1.82, 2.24) is 0 Å². The molecule has 0 aliphatic carbocycles. The molecule has 0 aromatic carbocycles. The van der Waals surface area contributed by atoms with Gasteiger partial charge in [-0.2, -0.15) is 0 Å². The van der Waals surface area contributed by atoms with E-state index in [-0.39, 0.29) is 0 Å². The molecule has 1 unspecified atom stereocenters. The van der Waals surface area contributed by atoms with E-state index in [0.29, 0.717) is 0 Å². The van der Waals surface area contributed by atoms with Crippen LogP contribution in [0.3, 0.4) is 0 Å². The van der Waals surface area contributed by atoms with Gasteiger partial charge in [0.2, 0.25) is 0 Å². The minimum absolute atomic E-state index is 1.30. The lowest BCUT2D eigenvalue weighted by Crippen LogP contribution is -1.72. The first kappa shape index (κ1) is 4.79. The Morgan fingerprint density at radius 1 is 2.00 bits per heavy atom. The summed E-state index contributed by atoms with van der Waals surface area (Å²) >= 11 is 1.30. The molecule has 4 heavy (non-hydrogen) atoms. The quantitative estimate of drug-likeness (QED) is 0.410. The normalized spacial score (nSPS) is 11.0. The van der Waals surface area contributed by atoms with E-state index in [0.717, 1.165) is 0 Å². The summed E-state index contributed by atoms with van der Waals surface area (Å²) in [6, 6.07) is 0. The lowest BCUT2D eigenvalue weighted by Gasteiger charge is -1.55. The summed E-state index contributed by atoms with van der Waals surface area (Å²) < 4.78 is 9.02. The second-order valence-corrected chi connectivity index (χ2v) is 3.00. The minimum Gasteiger partial charge on any atom is -0.588 e. The van der Waals surface area contributed by atoms with Gasteiger partial charge in [-0.05, 0) is 0 Å². The molecule has 0 amide bonds. The molecule has 0 aromatic heterocycles. The predicted octanol–water partition coefficient (Wildman–Crippen LogP) is 0.439. The molecule has 0 N–H and O–H groups in total. The highest BCUT2D eigenvalue weighted by atomic mass is 127. The Bertz CT molecular complexity index is 29.0. The summed E-state index contributed by atoms with van der Waals surface area (Å²) in [6.45, 7) is 0. The average molecular weight is 190 g/mol. The second kappa shape index (κ2) is 2.05. The molecule has 0 rings (SSSR count). The molecular formula is IO2P. The van der Waals surface area contributed by atoms with Gasteiger partial charge in [0, 0.05) is 0 Å². The number of rotatable bonds is 0. The zero-order valence-electron chi connectivity index (χ0n) is 1.64. The van der Waals surface area contributed by atoms with Crippen LogP contribution < -0.4 is 4.89 Å². The Kier molecular flexibility index (Phi) is 2.46. The zero-order chi connectivity index (χ0) is 3.58. The molecule has 4 heteroatoms. The SMILES string of the molecule is O=[P+]([O-])I. The molecule has 0 saturated carbocycles. The van der Waals surface area contributed by atoms with E-state index < -0.39 is 5.67 Å². The molecule has 1 atom stereocenters. The van der Waals surface area contributed by atoms with Crippen LogP contribution in [-0.4, -0.2) is 0 Å². The lowest BCUT2D eigenvalue weighted by atomic mass is 15.9. The van der Waals surface area contributed by atoms with Gasteiger partial charge >= 0.3 is 5.67 Å². The smallest absolute Gasteiger partial charge is 0.378 e. The Morgan fingerprint density at radius 2 is 2.00 bits per heavy atom. The van der Waals surface area contributed by atoms with Crippen molar-refractivity contribution >= 4 is 27.7 Å². The van der Waals surface area contributed by atoms with Gasteiger partial charge in [0.15, 0.2) is 0 Å². The highest BCUT2D eigenvalue weighted by molar-refractivity contribution is 14.2. The number of hydrogen-bond acceptors (Lipinski definition) is 2. The molecule has 0 heterocycles. The van der Waals surface area contributed by atoms with Gasteiger partial charge in [-0.25, -0.2) is 0 Å². The van der Waals surface area contributed by atoms with E-state index in [1.807, 2.05) is 0 Å². The molecule has 0 bridgehead atoms. The summed E-state index contributed by atoms with van der Waals surface area (Å²) in [5.74, 6) is 0. The van der Waals surface area contributed by atoms with Crippen molar-refractivity contribution in [3.05, 3.63) is 0 Å². The van der Waals surface area contributed by atoms with Gasteiger partial charge in [-0.15, -0.1) is 0 Å². The third-order valence-corrected chi connectivity index (χ3v) is 0. The summed E-state index contributed by atoms with van der Waals surface area (Å²) in [5, 5.41) is 0. The third-order valence-electron chi connectivity index (χ3n) is 0. The standard InChI is InChI=1S/IO2P/c1-4(2)3. The monoisotopic (exact) mass is 190 g/mol. The highest BCUT2D eigenvalue weighted by Crippen LogP contribution is 2.16. The summed E-state index contributed by atoms with van der Waals surface area (Å²) in [4.78, 5) is 9.02. The van der Waals surface area contributed by atoms with Gasteiger partial charge < -0.3 is 4.89 Å². The topological polar surface area (TPSA) is 40.1 Å². The van der Waals surface area contributed by atoms with Crippen LogP contribution in [0.5, 0.6) is 0 Å². The molecular weight excluding hydrogens is 190 g/mol. The molecule has 0 aliphatic heterocycles. The largest absolute Gasteiger partial charge is 0.588 e. The lowest BCUT2D eigenvalue weighted by molar-refractivity contribution is -0.156. The van der Waals surface area contributed by atoms with Crippen LogP contribution >= 0.6 is 27.7 Å². The summed E-state index contributed by atoms with van der Waals surface area (Å²) in [7, 11) is 0. The minimum atomic E-state index is -2.15. The van der Waals surface area contributed by atoms with Gasteiger partial charge in [0.25, 0.3) is 22.0 Å². The van der Waals surface area contributed by atoms with Crippen LogP contribution in [0.25, 0.3) is 0 Å². The molecule has 0 aromatic rings. The maximum Gasteiger partial charge on any atom is 0.378 e. The van der Waals surface area contributed by atoms with Crippen LogP contribution in [0, 0.1) is 0 Å². The molecule has 24 valence electrons. The van der Waals surface area contributed by atoms with E-state index in [4.69, 9.17) is 9.46 Å². The van der Waals surface area contributed by atoms with Crippen LogP contribution in [-0.2, 0) is 4.57 Å². The maximum absolute atomic E-state index is 9.02. The number of halogens is 1. The first-order valence-electron chi connectivity index (χ1n) is 0.534. The van der Waals surface area contributed by atoms with Gasteiger partial charge in [0.05, 0.1) is 0 Å². The Morgan fingerprint density at radius 3 is 2.00 bits per heavy atom. The van der Waals surface area contributed by atoms with Crippen LogP contribution in [0.15, 0.2) is 0 Å². The van der Waals surface area contributed by atoms with Gasteiger partial charge in [-0.1, -0.05) is 4.57 Å². The Hall–Kier alpha value is 0.790. The fraction of sp³-hybridized carbons (Fsp3) is 0. The van der Waals surface area contributed by atoms with Crippen molar-refractivity contribution in [2.45, 2.75) is 0 Å². The predicted molar refractivity (Wildman–Crippen MR) is 21.6 cm³/mol. The Balaban J connectivity index is 2.80. The van der Waals surface area contributed by atoms with E-state index in [9.17, 15) is 0 Å². The first-order chi connectivity index (χ1) is 1.73. The van der Waals surface area contributed by atoms with Crippen molar-refractivity contribution in [1.29, 1.82) is 0 Å². The first-order valence-corrected chi connectivity index (χ1v) is 4.50. The number of hydrogen-bond donors (Lipinski definition) is 0. The van der Waals surface area contributed by atoms with Gasteiger partial charge in [0.1, 0.15) is 0 Å². The van der Waals surface area contributed by atoms with E-state index in [1.54, 1.807) is 0 Å². The van der Waals surface area contributed by atoms with Crippen LogP contribution in [0.1, 0.15) is 0 Å². The molecule has 0 fully saturated rings. The van der Waals surface area contributed by atoms with Crippen molar-refractivity contribution in [2.24, 2.45) is 0 Å². The van der Waals surface area contributed by atoms with E-state index in [2.05, 4.69) is 0 Å². The van der Waals surface area contributed by atoms with Crippen molar-refractivity contribution in [3.8, 4) is 0 Å². The molecule has 0 spiro atoms. The third kappa shape index (κ3) is 14.3. The van der Waals surface area contributed by atoms with Gasteiger partial charge in [-0.3, -0.25) is 0 Å². The highest BCUT2D eigenvalue weighted by Gasteiger charge is 1.76. The van der Waals surface area contributed by atoms with Crippen LogP contribution in [0.2, 0.25) is 0 Å². The van der Waals surface area contributed by atoms with Crippen LogP contribution in [0.4, 0.5) is 0 Å². The molecule has 0 saturated heterocycles. The second-order valence-electron chi connectivity index (χ2n) is 0.213. The maximum atomic E-state index is 9.02. The summed E-state index contributed by atoms with van der Waals surface area (Å²) in [5.41, 5.74) is -2.15. The fourth-order valence-corrected chi connectivity index (χ4v) is 0. The molecule has 0 aliphatic rings. The zero-order valence-corrected chi connectivity index (χ0v) is 4.69.